The third kappa shape index (κ3) is 5.12. The standard InChI is InChI=1S/C16H28N2O2/c1-13-7-8-16(20-5)14(11-13)15(17-2)12-18(3)9-6-10-19-4/h7-8,11,15,17H,6,9-10,12H2,1-5H3. The molecule has 1 aromatic carbocycles. The van der Waals surface area contributed by atoms with Crippen LogP contribution in [0.4, 0.5) is 0 Å². The zero-order valence-electron chi connectivity index (χ0n) is 13.4. The molecule has 0 heterocycles. The number of likely N-dealkylation sites (N-methyl/N-ethyl adjacent to an activating group) is 2. The van der Waals surface area contributed by atoms with Gasteiger partial charge in [-0.25, -0.2) is 0 Å². The number of nitrogens with one attached hydrogen (secondary N) is 1. The van der Waals surface area contributed by atoms with Gasteiger partial charge in [0.2, 0.25) is 0 Å². The second-order valence-electron chi connectivity index (χ2n) is 5.20. The van der Waals surface area contributed by atoms with E-state index in [0.717, 1.165) is 31.9 Å². The topological polar surface area (TPSA) is 33.7 Å². The monoisotopic (exact) mass is 280 g/mol. The highest BCUT2D eigenvalue weighted by Crippen LogP contribution is 2.26. The first-order chi connectivity index (χ1) is 9.62. The summed E-state index contributed by atoms with van der Waals surface area (Å²) in [7, 11) is 7.61. The van der Waals surface area contributed by atoms with E-state index in [2.05, 4.69) is 36.3 Å². The molecule has 1 unspecified atom stereocenters. The van der Waals surface area contributed by atoms with Gasteiger partial charge in [-0.2, -0.15) is 0 Å². The van der Waals surface area contributed by atoms with E-state index in [1.165, 1.54) is 11.1 Å². The SMILES string of the molecule is CNC(CN(C)CCCOC)c1cc(C)ccc1OC. The largest absolute Gasteiger partial charge is 0.496 e. The zero-order chi connectivity index (χ0) is 15.0. The average molecular weight is 280 g/mol. The van der Waals surface area contributed by atoms with Gasteiger partial charge in [0.15, 0.2) is 0 Å². The Morgan fingerprint density at radius 1 is 1.30 bits per heavy atom. The molecule has 4 heteroatoms. The maximum absolute atomic E-state index is 5.48. The summed E-state index contributed by atoms with van der Waals surface area (Å²) < 4.78 is 10.6. The predicted molar refractivity (Wildman–Crippen MR) is 83.5 cm³/mol. The molecule has 20 heavy (non-hydrogen) atoms. The predicted octanol–water partition coefficient (Wildman–Crippen LogP) is 2.23. The lowest BCUT2D eigenvalue weighted by Crippen LogP contribution is -2.32. The minimum absolute atomic E-state index is 0.261. The Morgan fingerprint density at radius 3 is 2.65 bits per heavy atom. The smallest absolute Gasteiger partial charge is 0.123 e. The molecule has 4 nitrogen and oxygen atoms in total. The molecule has 0 aliphatic heterocycles. The number of methoxy groups -OCH3 is 2. The molecule has 114 valence electrons. The van der Waals surface area contributed by atoms with Crippen molar-refractivity contribution in [2.24, 2.45) is 0 Å². The molecule has 0 saturated carbocycles. The van der Waals surface area contributed by atoms with Crippen molar-refractivity contribution in [3.8, 4) is 5.75 Å². The number of benzene rings is 1. The van der Waals surface area contributed by atoms with Crippen LogP contribution in [0.15, 0.2) is 18.2 Å². The average Bonchev–Trinajstić information content (AvgIpc) is 2.45. The van der Waals surface area contributed by atoms with Crippen molar-refractivity contribution in [2.75, 3.05) is 48.0 Å². The third-order valence-corrected chi connectivity index (χ3v) is 3.49. The van der Waals surface area contributed by atoms with Gasteiger partial charge in [-0.15, -0.1) is 0 Å². The molecule has 1 N–H and O–H groups in total. The van der Waals surface area contributed by atoms with Crippen molar-refractivity contribution in [2.45, 2.75) is 19.4 Å². The van der Waals surface area contributed by atoms with Crippen LogP contribution < -0.4 is 10.1 Å². The second kappa shape index (κ2) is 8.95. The van der Waals surface area contributed by atoms with E-state index in [0.29, 0.717) is 0 Å². The summed E-state index contributed by atoms with van der Waals surface area (Å²) in [6, 6.07) is 6.58. The van der Waals surface area contributed by atoms with Gasteiger partial charge in [-0.1, -0.05) is 17.7 Å². The van der Waals surface area contributed by atoms with Crippen LogP contribution in [0, 0.1) is 6.92 Å². The van der Waals surface area contributed by atoms with Crippen LogP contribution in [0.3, 0.4) is 0 Å². The van der Waals surface area contributed by atoms with Crippen molar-refractivity contribution in [3.05, 3.63) is 29.3 Å². The summed E-state index contributed by atoms with van der Waals surface area (Å²) in [6.45, 7) is 4.89. The van der Waals surface area contributed by atoms with Gasteiger partial charge >= 0.3 is 0 Å². The Labute approximate surface area is 123 Å². The molecule has 0 fully saturated rings. The van der Waals surface area contributed by atoms with E-state index < -0.39 is 0 Å². The second-order valence-corrected chi connectivity index (χ2v) is 5.20. The lowest BCUT2D eigenvalue weighted by Gasteiger charge is -2.25. The summed E-state index contributed by atoms with van der Waals surface area (Å²) in [6.07, 6.45) is 1.05. The molecule has 0 spiro atoms. The van der Waals surface area contributed by atoms with Crippen LogP contribution in [0.25, 0.3) is 0 Å². The summed E-state index contributed by atoms with van der Waals surface area (Å²) in [5.74, 6) is 0.945. The Bertz CT molecular complexity index is 396. The van der Waals surface area contributed by atoms with Crippen molar-refractivity contribution < 1.29 is 9.47 Å². The van der Waals surface area contributed by atoms with Crippen LogP contribution in [-0.4, -0.2) is 52.9 Å². The molecule has 0 amide bonds. The van der Waals surface area contributed by atoms with Gasteiger partial charge in [-0.3, -0.25) is 0 Å². The Morgan fingerprint density at radius 2 is 2.05 bits per heavy atom. The molecule has 0 aliphatic carbocycles. The Balaban J connectivity index is 2.72. The van der Waals surface area contributed by atoms with Crippen molar-refractivity contribution in [3.63, 3.8) is 0 Å². The highest BCUT2D eigenvalue weighted by molar-refractivity contribution is 5.39. The molecule has 1 rings (SSSR count). The molecule has 0 aliphatic rings. The maximum Gasteiger partial charge on any atom is 0.123 e. The normalized spacial score (nSPS) is 12.7. The number of rotatable bonds is 9. The van der Waals surface area contributed by atoms with E-state index in [1.807, 2.05) is 13.1 Å². The molecule has 0 bridgehead atoms. The minimum atomic E-state index is 0.261. The molecule has 1 aromatic rings. The highest BCUT2D eigenvalue weighted by Gasteiger charge is 2.16. The van der Waals surface area contributed by atoms with E-state index in [9.17, 15) is 0 Å². The van der Waals surface area contributed by atoms with E-state index >= 15 is 0 Å². The maximum atomic E-state index is 5.48. The Hall–Kier alpha value is -1.10. The van der Waals surface area contributed by atoms with Gasteiger partial charge in [0.05, 0.1) is 7.11 Å². The summed E-state index contributed by atoms with van der Waals surface area (Å²) in [5.41, 5.74) is 2.47. The fraction of sp³-hybridized carbons (Fsp3) is 0.625. The third-order valence-electron chi connectivity index (χ3n) is 3.49. The highest BCUT2D eigenvalue weighted by atomic mass is 16.5. The number of hydrogen-bond donors (Lipinski definition) is 1. The van der Waals surface area contributed by atoms with Crippen LogP contribution >= 0.6 is 0 Å². The van der Waals surface area contributed by atoms with E-state index in [1.54, 1.807) is 14.2 Å². The Kier molecular flexibility index (Phi) is 7.59. The van der Waals surface area contributed by atoms with Crippen molar-refractivity contribution in [1.82, 2.24) is 10.2 Å². The zero-order valence-corrected chi connectivity index (χ0v) is 13.4. The van der Waals surface area contributed by atoms with Crippen LogP contribution in [0.2, 0.25) is 0 Å². The lowest BCUT2D eigenvalue weighted by molar-refractivity contribution is 0.176. The van der Waals surface area contributed by atoms with Gasteiger partial charge < -0.3 is 19.7 Å². The number of hydrogen-bond acceptors (Lipinski definition) is 4. The van der Waals surface area contributed by atoms with E-state index in [-0.39, 0.29) is 6.04 Å². The van der Waals surface area contributed by atoms with Gasteiger partial charge in [0.25, 0.3) is 0 Å². The molecular formula is C16H28N2O2. The molecule has 1 atom stereocenters. The number of aryl methyl sites for hydroxylation is 1. The van der Waals surface area contributed by atoms with Crippen molar-refractivity contribution >= 4 is 0 Å². The number of nitrogens with zero attached hydrogens (tertiary/aromatic N) is 1. The van der Waals surface area contributed by atoms with Crippen LogP contribution in [0.5, 0.6) is 5.75 Å². The fourth-order valence-corrected chi connectivity index (χ4v) is 2.35. The van der Waals surface area contributed by atoms with Crippen LogP contribution in [-0.2, 0) is 4.74 Å². The summed E-state index contributed by atoms with van der Waals surface area (Å²) in [4.78, 5) is 2.32. The minimum Gasteiger partial charge on any atom is -0.496 e. The molecule has 0 radical (unpaired) electrons. The first-order valence-corrected chi connectivity index (χ1v) is 7.11. The summed E-state index contributed by atoms with van der Waals surface area (Å²) >= 11 is 0. The van der Waals surface area contributed by atoms with Gasteiger partial charge in [-0.05, 0) is 33.5 Å². The van der Waals surface area contributed by atoms with Gasteiger partial charge in [0, 0.05) is 38.4 Å². The lowest BCUT2D eigenvalue weighted by atomic mass is 10.0. The first-order valence-electron chi connectivity index (χ1n) is 7.11. The van der Waals surface area contributed by atoms with Crippen molar-refractivity contribution in [1.29, 1.82) is 0 Å². The first kappa shape index (κ1) is 17.0. The fourth-order valence-electron chi connectivity index (χ4n) is 2.35. The molecular weight excluding hydrogens is 252 g/mol. The van der Waals surface area contributed by atoms with Gasteiger partial charge in [0.1, 0.15) is 5.75 Å². The molecule has 0 saturated heterocycles. The number of ether oxygens (including phenoxy) is 2. The quantitative estimate of drug-likeness (QED) is 0.703. The summed E-state index contributed by atoms with van der Waals surface area (Å²) in [5, 5.41) is 3.39. The van der Waals surface area contributed by atoms with Crippen LogP contribution in [0.1, 0.15) is 23.6 Å². The molecule has 0 aromatic heterocycles. The van der Waals surface area contributed by atoms with E-state index in [4.69, 9.17) is 9.47 Å².